The number of nitrogens with zero attached hydrogens (tertiary/aromatic N) is 2. The van der Waals surface area contributed by atoms with Gasteiger partial charge in [0.15, 0.2) is 0 Å². The van der Waals surface area contributed by atoms with Crippen LogP contribution in [0.3, 0.4) is 0 Å². The van der Waals surface area contributed by atoms with Crippen molar-refractivity contribution < 1.29 is 9.53 Å². The predicted octanol–water partition coefficient (Wildman–Crippen LogP) is 6.07. The second-order valence-electron chi connectivity index (χ2n) is 8.13. The van der Waals surface area contributed by atoms with Crippen LogP contribution in [0.1, 0.15) is 43.9 Å². The highest BCUT2D eigenvalue weighted by Gasteiger charge is 2.33. The second kappa shape index (κ2) is 8.78. The normalized spacial score (nSPS) is 17.9. The highest BCUT2D eigenvalue weighted by molar-refractivity contribution is 5.94. The van der Waals surface area contributed by atoms with Crippen molar-refractivity contribution in [3.8, 4) is 5.75 Å². The Kier molecular flexibility index (Phi) is 5.93. The number of hydrogen-bond donors (Lipinski definition) is 0. The predicted molar refractivity (Wildman–Crippen MR) is 123 cm³/mol. The Morgan fingerprint density at radius 1 is 1.20 bits per heavy atom. The molecule has 30 heavy (non-hydrogen) atoms. The molecule has 2 aliphatic rings. The Balaban J connectivity index is 1.44. The molecule has 1 saturated heterocycles. The van der Waals surface area contributed by atoms with Crippen LogP contribution in [0.5, 0.6) is 5.75 Å². The van der Waals surface area contributed by atoms with Crippen LogP contribution in [-0.4, -0.2) is 30.6 Å². The van der Waals surface area contributed by atoms with Crippen molar-refractivity contribution in [2.45, 2.75) is 32.7 Å². The average molecular weight is 403 g/mol. The maximum Gasteiger partial charge on any atom is 0.325 e. The van der Waals surface area contributed by atoms with Gasteiger partial charge < -0.3 is 9.64 Å². The first kappa shape index (κ1) is 20.3. The summed E-state index contributed by atoms with van der Waals surface area (Å²) in [5.41, 5.74) is 4.24. The van der Waals surface area contributed by atoms with Crippen molar-refractivity contribution in [3.63, 3.8) is 0 Å². The van der Waals surface area contributed by atoms with E-state index in [1.807, 2.05) is 65.3 Å². The molecule has 0 bridgehead atoms. The summed E-state index contributed by atoms with van der Waals surface area (Å²) in [6.07, 6.45) is 6.44. The summed E-state index contributed by atoms with van der Waals surface area (Å²) >= 11 is 0. The van der Waals surface area contributed by atoms with Gasteiger partial charge in [-0.25, -0.2) is 4.79 Å². The Bertz CT molecular complexity index is 944. The maximum atomic E-state index is 13.2. The molecule has 1 saturated carbocycles. The molecule has 2 fully saturated rings. The first-order valence-electron chi connectivity index (χ1n) is 10.8. The molecule has 0 radical (unpaired) electrons. The standard InChI is InChI=1S/C26H30N2O2/c1-4-21(5-2)22-11-13-24(14-12-22)28-16-15-27(26(28)29)19(3)23-7-6-8-25(17-23)30-18-20-9-10-20/h4-8,11-14,17,19-20H,1,9-10,15-16,18H2,2-3H3/b21-5+. The summed E-state index contributed by atoms with van der Waals surface area (Å²) in [6, 6.07) is 16.3. The molecule has 2 aromatic carbocycles. The topological polar surface area (TPSA) is 32.8 Å². The van der Waals surface area contributed by atoms with E-state index in [9.17, 15) is 4.79 Å². The molecule has 1 heterocycles. The first-order chi connectivity index (χ1) is 14.6. The van der Waals surface area contributed by atoms with Crippen molar-refractivity contribution in [1.82, 2.24) is 4.90 Å². The van der Waals surface area contributed by atoms with Gasteiger partial charge in [-0.2, -0.15) is 0 Å². The van der Waals surface area contributed by atoms with E-state index in [0.717, 1.165) is 40.7 Å². The third-order valence-corrected chi connectivity index (χ3v) is 6.07. The lowest BCUT2D eigenvalue weighted by Gasteiger charge is -2.25. The van der Waals surface area contributed by atoms with Gasteiger partial charge in [-0.05, 0) is 73.6 Å². The first-order valence-corrected chi connectivity index (χ1v) is 10.8. The van der Waals surface area contributed by atoms with Gasteiger partial charge in [0, 0.05) is 18.8 Å². The number of urea groups is 1. The summed E-state index contributed by atoms with van der Waals surface area (Å²) < 4.78 is 5.92. The quantitative estimate of drug-likeness (QED) is 0.502. The number of ether oxygens (including phenoxy) is 1. The molecular formula is C26H30N2O2. The van der Waals surface area contributed by atoms with E-state index in [1.165, 1.54) is 12.8 Å². The van der Waals surface area contributed by atoms with E-state index in [4.69, 9.17) is 4.74 Å². The Labute approximate surface area is 179 Å². The van der Waals surface area contributed by atoms with Gasteiger partial charge in [0.05, 0.1) is 12.6 Å². The van der Waals surface area contributed by atoms with E-state index in [2.05, 4.69) is 25.6 Å². The van der Waals surface area contributed by atoms with Gasteiger partial charge in [0.2, 0.25) is 0 Å². The number of rotatable bonds is 8. The highest BCUT2D eigenvalue weighted by Crippen LogP contribution is 2.32. The number of allylic oxidation sites excluding steroid dienone is 3. The third kappa shape index (κ3) is 4.28. The fourth-order valence-corrected chi connectivity index (χ4v) is 3.93. The van der Waals surface area contributed by atoms with Gasteiger partial charge in [-0.15, -0.1) is 0 Å². The second-order valence-corrected chi connectivity index (χ2v) is 8.13. The summed E-state index contributed by atoms with van der Waals surface area (Å²) in [7, 11) is 0. The molecule has 1 unspecified atom stereocenters. The fourth-order valence-electron chi connectivity index (χ4n) is 3.93. The van der Waals surface area contributed by atoms with Crippen molar-refractivity contribution in [2.75, 3.05) is 24.6 Å². The molecule has 1 atom stereocenters. The van der Waals surface area contributed by atoms with Crippen LogP contribution in [0, 0.1) is 5.92 Å². The lowest BCUT2D eigenvalue weighted by Crippen LogP contribution is -2.33. The van der Waals surface area contributed by atoms with E-state index < -0.39 is 0 Å². The fraction of sp³-hybridized carbons (Fsp3) is 0.346. The van der Waals surface area contributed by atoms with E-state index in [0.29, 0.717) is 13.1 Å². The number of anilines is 1. The molecule has 4 heteroatoms. The maximum absolute atomic E-state index is 13.2. The smallest absolute Gasteiger partial charge is 0.325 e. The average Bonchev–Trinajstić information content (AvgIpc) is 3.54. The van der Waals surface area contributed by atoms with Gasteiger partial charge >= 0.3 is 6.03 Å². The van der Waals surface area contributed by atoms with Crippen LogP contribution in [-0.2, 0) is 0 Å². The van der Waals surface area contributed by atoms with Crippen molar-refractivity contribution in [3.05, 3.63) is 78.4 Å². The van der Waals surface area contributed by atoms with E-state index in [-0.39, 0.29) is 12.1 Å². The van der Waals surface area contributed by atoms with Crippen LogP contribution in [0.2, 0.25) is 0 Å². The summed E-state index contributed by atoms with van der Waals surface area (Å²) in [5, 5.41) is 0. The summed E-state index contributed by atoms with van der Waals surface area (Å²) in [6.45, 7) is 10.1. The lowest BCUT2D eigenvalue weighted by atomic mass is 10.1. The third-order valence-electron chi connectivity index (χ3n) is 6.07. The zero-order valence-corrected chi connectivity index (χ0v) is 17.9. The van der Waals surface area contributed by atoms with E-state index >= 15 is 0 Å². The Morgan fingerprint density at radius 2 is 1.97 bits per heavy atom. The van der Waals surface area contributed by atoms with Gasteiger partial charge in [-0.1, -0.05) is 43.0 Å². The zero-order chi connectivity index (χ0) is 21.1. The van der Waals surface area contributed by atoms with Gasteiger partial charge in [-0.3, -0.25) is 4.90 Å². The van der Waals surface area contributed by atoms with Gasteiger partial charge in [0.25, 0.3) is 0 Å². The Hall–Kier alpha value is -3.01. The molecule has 2 aromatic rings. The lowest BCUT2D eigenvalue weighted by molar-refractivity contribution is 0.205. The largest absolute Gasteiger partial charge is 0.493 e. The Morgan fingerprint density at radius 3 is 2.63 bits per heavy atom. The molecule has 0 aromatic heterocycles. The van der Waals surface area contributed by atoms with Crippen LogP contribution < -0.4 is 9.64 Å². The number of carbonyl (C=O) groups is 1. The zero-order valence-electron chi connectivity index (χ0n) is 17.9. The molecule has 0 N–H and O–H groups in total. The van der Waals surface area contributed by atoms with Crippen LogP contribution in [0.25, 0.3) is 5.57 Å². The van der Waals surface area contributed by atoms with Crippen molar-refractivity contribution >= 4 is 17.3 Å². The molecule has 4 rings (SSSR count). The molecule has 156 valence electrons. The van der Waals surface area contributed by atoms with Crippen molar-refractivity contribution in [2.24, 2.45) is 5.92 Å². The number of hydrogen-bond acceptors (Lipinski definition) is 2. The molecule has 1 aliphatic heterocycles. The highest BCUT2D eigenvalue weighted by atomic mass is 16.5. The minimum atomic E-state index is 0.00152. The molecule has 1 aliphatic carbocycles. The minimum Gasteiger partial charge on any atom is -0.493 e. The summed E-state index contributed by atoms with van der Waals surface area (Å²) in [5.74, 6) is 1.62. The van der Waals surface area contributed by atoms with Crippen LogP contribution in [0.4, 0.5) is 10.5 Å². The van der Waals surface area contributed by atoms with Crippen LogP contribution >= 0.6 is 0 Å². The number of benzene rings is 2. The van der Waals surface area contributed by atoms with E-state index in [1.54, 1.807) is 0 Å². The van der Waals surface area contributed by atoms with Gasteiger partial charge in [0.1, 0.15) is 5.75 Å². The molecule has 2 amide bonds. The minimum absolute atomic E-state index is 0.00152. The molecule has 4 nitrogen and oxygen atoms in total. The molecule has 0 spiro atoms. The molecular weight excluding hydrogens is 372 g/mol. The number of carbonyl (C=O) groups excluding carboxylic acids is 1. The summed E-state index contributed by atoms with van der Waals surface area (Å²) in [4.78, 5) is 17.0. The van der Waals surface area contributed by atoms with Crippen molar-refractivity contribution in [1.29, 1.82) is 0 Å². The SMILES string of the molecule is C=C/C(=C\C)c1ccc(N2CCN(C(C)c3cccc(OCC4CC4)c3)C2=O)cc1. The van der Waals surface area contributed by atoms with Crippen LogP contribution in [0.15, 0.2) is 67.3 Å². The number of amides is 2. The monoisotopic (exact) mass is 402 g/mol.